The fraction of sp³-hybridized carbons (Fsp3) is 0.269. The highest BCUT2D eigenvalue weighted by Gasteiger charge is 2.23. The Morgan fingerprint density at radius 2 is 1.62 bits per heavy atom. The number of ether oxygens (including phenoxy) is 2. The number of benzene rings is 3. The highest BCUT2D eigenvalue weighted by atomic mass is 19.1. The summed E-state index contributed by atoms with van der Waals surface area (Å²) >= 11 is 0. The van der Waals surface area contributed by atoms with Crippen LogP contribution in [-0.4, -0.2) is 44.1 Å². The number of halogens is 1. The van der Waals surface area contributed by atoms with E-state index in [1.54, 1.807) is 25.3 Å². The van der Waals surface area contributed by atoms with E-state index in [2.05, 4.69) is 4.90 Å². The Hall–Kier alpha value is -3.38. The van der Waals surface area contributed by atoms with Gasteiger partial charge in [0, 0.05) is 43.0 Å². The zero-order valence-corrected chi connectivity index (χ0v) is 18.2. The molecule has 3 aromatic carbocycles. The van der Waals surface area contributed by atoms with Crippen molar-refractivity contribution in [3.8, 4) is 5.75 Å². The Kier molecular flexibility index (Phi) is 7.02. The number of methoxy groups -OCH3 is 1. The minimum absolute atomic E-state index is 0.00396. The molecule has 3 aromatic rings. The van der Waals surface area contributed by atoms with Gasteiger partial charge in [-0.1, -0.05) is 30.3 Å². The van der Waals surface area contributed by atoms with Crippen molar-refractivity contribution in [1.29, 1.82) is 0 Å². The SMILES string of the molecule is COc1ccc(C(=O)N2CCN(c3ccc(F)cc3)CC2)cc1COCc1ccccc1. The number of amides is 1. The molecule has 0 bridgehead atoms. The highest BCUT2D eigenvalue weighted by molar-refractivity contribution is 5.94. The summed E-state index contributed by atoms with van der Waals surface area (Å²) < 4.78 is 24.5. The summed E-state index contributed by atoms with van der Waals surface area (Å²) in [7, 11) is 1.62. The van der Waals surface area contributed by atoms with Crippen LogP contribution in [0.15, 0.2) is 72.8 Å². The van der Waals surface area contributed by atoms with E-state index >= 15 is 0 Å². The fourth-order valence-electron chi connectivity index (χ4n) is 3.88. The molecule has 1 aliphatic heterocycles. The average molecular weight is 435 g/mol. The molecular weight excluding hydrogens is 407 g/mol. The Labute approximate surface area is 188 Å². The Bertz CT molecular complexity index is 1030. The molecule has 0 unspecified atom stereocenters. The van der Waals surface area contributed by atoms with Gasteiger partial charge in [0.25, 0.3) is 5.91 Å². The van der Waals surface area contributed by atoms with Crippen molar-refractivity contribution in [1.82, 2.24) is 4.90 Å². The lowest BCUT2D eigenvalue weighted by atomic mass is 10.1. The maximum absolute atomic E-state index is 13.2. The summed E-state index contributed by atoms with van der Waals surface area (Å²) in [5.41, 5.74) is 3.54. The third kappa shape index (κ3) is 5.26. The molecule has 6 heteroatoms. The number of piperazine rings is 1. The van der Waals surface area contributed by atoms with E-state index in [4.69, 9.17) is 9.47 Å². The van der Waals surface area contributed by atoms with Gasteiger partial charge in [0.05, 0.1) is 20.3 Å². The minimum Gasteiger partial charge on any atom is -0.496 e. The first-order valence-electron chi connectivity index (χ1n) is 10.7. The van der Waals surface area contributed by atoms with Crippen LogP contribution in [0.1, 0.15) is 21.5 Å². The van der Waals surface area contributed by atoms with Crippen LogP contribution in [0.3, 0.4) is 0 Å². The predicted molar refractivity (Wildman–Crippen MR) is 122 cm³/mol. The van der Waals surface area contributed by atoms with Gasteiger partial charge in [-0.3, -0.25) is 4.79 Å². The molecule has 0 aromatic heterocycles. The molecule has 0 aliphatic carbocycles. The van der Waals surface area contributed by atoms with Crippen molar-refractivity contribution in [2.75, 3.05) is 38.2 Å². The Balaban J connectivity index is 1.38. The largest absolute Gasteiger partial charge is 0.496 e. The van der Waals surface area contributed by atoms with Crippen molar-refractivity contribution >= 4 is 11.6 Å². The van der Waals surface area contributed by atoms with Gasteiger partial charge in [-0.25, -0.2) is 4.39 Å². The first-order valence-corrected chi connectivity index (χ1v) is 10.7. The quantitative estimate of drug-likeness (QED) is 0.549. The molecule has 1 amide bonds. The molecule has 0 spiro atoms. The van der Waals surface area contributed by atoms with E-state index in [-0.39, 0.29) is 11.7 Å². The van der Waals surface area contributed by atoms with E-state index in [1.165, 1.54) is 12.1 Å². The molecule has 0 saturated carbocycles. The summed E-state index contributed by atoms with van der Waals surface area (Å²) in [6, 6.07) is 21.9. The molecule has 5 nitrogen and oxygen atoms in total. The molecule has 1 aliphatic rings. The number of anilines is 1. The number of nitrogens with zero attached hydrogens (tertiary/aromatic N) is 2. The molecule has 166 valence electrons. The Morgan fingerprint density at radius 3 is 2.31 bits per heavy atom. The lowest BCUT2D eigenvalue weighted by Crippen LogP contribution is -2.48. The van der Waals surface area contributed by atoms with Crippen molar-refractivity contribution in [3.05, 3.63) is 95.3 Å². The number of hydrogen-bond donors (Lipinski definition) is 0. The molecule has 1 heterocycles. The molecule has 0 radical (unpaired) electrons. The van der Waals surface area contributed by atoms with Gasteiger partial charge in [0.15, 0.2) is 0 Å². The number of carbonyl (C=O) groups is 1. The molecule has 32 heavy (non-hydrogen) atoms. The molecule has 4 rings (SSSR count). The Morgan fingerprint density at radius 1 is 0.906 bits per heavy atom. The summed E-state index contributed by atoms with van der Waals surface area (Å²) in [6.45, 7) is 3.50. The minimum atomic E-state index is -0.245. The average Bonchev–Trinajstić information content (AvgIpc) is 2.85. The topological polar surface area (TPSA) is 42.0 Å². The summed E-state index contributed by atoms with van der Waals surface area (Å²) in [6.07, 6.45) is 0. The van der Waals surface area contributed by atoms with E-state index in [9.17, 15) is 9.18 Å². The number of hydrogen-bond acceptors (Lipinski definition) is 4. The van der Waals surface area contributed by atoms with Gasteiger partial charge in [-0.15, -0.1) is 0 Å². The maximum Gasteiger partial charge on any atom is 0.253 e. The zero-order valence-electron chi connectivity index (χ0n) is 18.2. The zero-order chi connectivity index (χ0) is 22.3. The monoisotopic (exact) mass is 434 g/mol. The predicted octanol–water partition coefficient (Wildman–Crippen LogP) is 4.51. The summed E-state index contributed by atoms with van der Waals surface area (Å²) in [5, 5.41) is 0. The van der Waals surface area contributed by atoms with Gasteiger partial charge >= 0.3 is 0 Å². The summed E-state index contributed by atoms with van der Waals surface area (Å²) in [5.74, 6) is 0.456. The van der Waals surface area contributed by atoms with E-state index in [1.807, 2.05) is 47.4 Å². The van der Waals surface area contributed by atoms with Gasteiger partial charge < -0.3 is 19.3 Å². The standard InChI is InChI=1S/C26H27FN2O3/c1-31-25-12-7-21(17-22(25)19-32-18-20-5-3-2-4-6-20)26(30)29-15-13-28(14-16-29)24-10-8-23(27)9-11-24/h2-12,17H,13-16,18-19H2,1H3. The first-order chi connectivity index (χ1) is 15.6. The van der Waals surface area contributed by atoms with Gasteiger partial charge in [0.2, 0.25) is 0 Å². The highest BCUT2D eigenvalue weighted by Crippen LogP contribution is 2.23. The lowest BCUT2D eigenvalue weighted by Gasteiger charge is -2.36. The van der Waals surface area contributed by atoms with E-state index in [0.29, 0.717) is 50.7 Å². The van der Waals surface area contributed by atoms with Crippen LogP contribution in [0.4, 0.5) is 10.1 Å². The normalized spacial score (nSPS) is 13.8. The molecule has 1 saturated heterocycles. The van der Waals surface area contributed by atoms with Crippen LogP contribution in [0.5, 0.6) is 5.75 Å². The van der Waals surface area contributed by atoms with Gasteiger partial charge in [0.1, 0.15) is 11.6 Å². The maximum atomic E-state index is 13.2. The van der Waals surface area contributed by atoms with Crippen LogP contribution in [-0.2, 0) is 18.0 Å². The van der Waals surface area contributed by atoms with Crippen LogP contribution < -0.4 is 9.64 Å². The first kappa shape index (κ1) is 21.8. The van der Waals surface area contributed by atoms with Gasteiger partial charge in [-0.05, 0) is 48.0 Å². The smallest absolute Gasteiger partial charge is 0.253 e. The molecule has 0 N–H and O–H groups in total. The van der Waals surface area contributed by atoms with Crippen LogP contribution in [0.25, 0.3) is 0 Å². The van der Waals surface area contributed by atoms with Crippen molar-refractivity contribution < 1.29 is 18.7 Å². The van der Waals surface area contributed by atoms with Crippen LogP contribution >= 0.6 is 0 Å². The summed E-state index contributed by atoms with van der Waals surface area (Å²) in [4.78, 5) is 17.1. The van der Waals surface area contributed by atoms with Crippen molar-refractivity contribution in [2.45, 2.75) is 13.2 Å². The second-order valence-electron chi connectivity index (χ2n) is 7.76. The fourth-order valence-corrected chi connectivity index (χ4v) is 3.88. The molecular formula is C26H27FN2O3. The van der Waals surface area contributed by atoms with Crippen LogP contribution in [0, 0.1) is 5.82 Å². The van der Waals surface area contributed by atoms with Gasteiger partial charge in [-0.2, -0.15) is 0 Å². The third-order valence-electron chi connectivity index (χ3n) is 5.66. The number of carbonyl (C=O) groups excluding carboxylic acids is 1. The second kappa shape index (κ2) is 10.3. The van der Waals surface area contributed by atoms with E-state index in [0.717, 1.165) is 16.8 Å². The van der Waals surface area contributed by atoms with Crippen LogP contribution in [0.2, 0.25) is 0 Å². The third-order valence-corrected chi connectivity index (χ3v) is 5.66. The van der Waals surface area contributed by atoms with Crippen molar-refractivity contribution in [3.63, 3.8) is 0 Å². The number of rotatable bonds is 7. The second-order valence-corrected chi connectivity index (χ2v) is 7.76. The molecule has 0 atom stereocenters. The van der Waals surface area contributed by atoms with E-state index < -0.39 is 0 Å². The molecule has 1 fully saturated rings. The lowest BCUT2D eigenvalue weighted by molar-refractivity contribution is 0.0745. The van der Waals surface area contributed by atoms with Crippen molar-refractivity contribution in [2.24, 2.45) is 0 Å².